The Morgan fingerprint density at radius 1 is 1.38 bits per heavy atom. The molecule has 1 aliphatic carbocycles. The molecule has 2 rings (SSSR count). The molecule has 0 spiro atoms. The van der Waals surface area contributed by atoms with Crippen molar-refractivity contribution in [2.75, 3.05) is 12.3 Å². The third-order valence-corrected chi connectivity index (χ3v) is 6.11. The van der Waals surface area contributed by atoms with E-state index in [0.717, 1.165) is 12.8 Å². The fourth-order valence-corrected chi connectivity index (χ4v) is 4.63. The maximum absolute atomic E-state index is 12.1. The van der Waals surface area contributed by atoms with Crippen LogP contribution in [0.2, 0.25) is 0 Å². The molecular formula is C11H15F3N2O2S3. The van der Waals surface area contributed by atoms with Gasteiger partial charge in [0.25, 0.3) is 0 Å². The molecule has 1 fully saturated rings. The average Bonchev–Trinajstić information content (AvgIpc) is 3.07. The molecule has 1 heterocycles. The molecule has 0 aromatic carbocycles. The Bertz CT molecular complexity index is 568. The van der Waals surface area contributed by atoms with Crippen LogP contribution in [0.1, 0.15) is 17.7 Å². The van der Waals surface area contributed by atoms with Gasteiger partial charge in [0.2, 0.25) is 10.0 Å². The van der Waals surface area contributed by atoms with Gasteiger partial charge in [-0.15, -0.1) is 11.3 Å². The summed E-state index contributed by atoms with van der Waals surface area (Å²) in [5.74, 6) is -0.345. The highest BCUT2D eigenvalue weighted by Crippen LogP contribution is 2.29. The predicted octanol–water partition coefficient (Wildman–Crippen LogP) is 2.53. The summed E-state index contributed by atoms with van der Waals surface area (Å²) >= 11 is 1.08. The van der Waals surface area contributed by atoms with Gasteiger partial charge in [-0.1, -0.05) is 0 Å². The second-order valence-corrected chi connectivity index (χ2v) is 8.45. The summed E-state index contributed by atoms with van der Waals surface area (Å²) in [6, 6.07) is 1.94. The summed E-state index contributed by atoms with van der Waals surface area (Å²) in [6.45, 7) is 0.216. The molecule has 0 aliphatic heterocycles. The number of halogens is 3. The lowest BCUT2D eigenvalue weighted by Crippen LogP contribution is -2.28. The van der Waals surface area contributed by atoms with Crippen molar-refractivity contribution in [3.05, 3.63) is 16.3 Å². The molecule has 1 aromatic rings. The van der Waals surface area contributed by atoms with Crippen LogP contribution in [0, 0.1) is 0 Å². The Kier molecular flexibility index (Phi) is 5.58. The molecule has 21 heavy (non-hydrogen) atoms. The summed E-state index contributed by atoms with van der Waals surface area (Å²) in [4.78, 5) is 0.829. The predicted molar refractivity (Wildman–Crippen MR) is 77.9 cm³/mol. The minimum absolute atomic E-state index is 0.151. The number of rotatable bonds is 8. The van der Waals surface area contributed by atoms with Gasteiger partial charge in [0.05, 0.1) is 4.90 Å². The summed E-state index contributed by atoms with van der Waals surface area (Å²) in [7, 11) is -3.75. The van der Waals surface area contributed by atoms with Gasteiger partial charge in [-0.2, -0.15) is 13.2 Å². The van der Waals surface area contributed by atoms with Crippen LogP contribution >= 0.6 is 23.1 Å². The Morgan fingerprint density at radius 2 is 2.10 bits per heavy atom. The topological polar surface area (TPSA) is 58.2 Å². The second-order valence-electron chi connectivity index (χ2n) is 4.56. The van der Waals surface area contributed by atoms with Crippen molar-refractivity contribution in [2.24, 2.45) is 0 Å². The highest BCUT2D eigenvalue weighted by Gasteiger charge is 2.28. The van der Waals surface area contributed by atoms with Crippen molar-refractivity contribution in [1.82, 2.24) is 10.0 Å². The number of thioether (sulfide) groups is 1. The molecule has 10 heteroatoms. The molecular weight excluding hydrogens is 345 g/mol. The Labute approximate surface area is 129 Å². The largest absolute Gasteiger partial charge is 0.441 e. The van der Waals surface area contributed by atoms with E-state index in [-0.39, 0.29) is 29.0 Å². The molecule has 1 aromatic heterocycles. The van der Waals surface area contributed by atoms with Crippen molar-refractivity contribution in [2.45, 2.75) is 35.8 Å². The number of hydrogen-bond acceptors (Lipinski definition) is 5. The molecule has 2 N–H and O–H groups in total. The van der Waals surface area contributed by atoms with E-state index in [1.165, 1.54) is 17.4 Å². The van der Waals surface area contributed by atoms with Gasteiger partial charge in [0.1, 0.15) is 0 Å². The first-order valence-electron chi connectivity index (χ1n) is 6.28. The van der Waals surface area contributed by atoms with E-state index in [4.69, 9.17) is 0 Å². The Morgan fingerprint density at radius 3 is 2.71 bits per heavy atom. The fraction of sp³-hybridized carbons (Fsp3) is 0.636. The van der Waals surface area contributed by atoms with Crippen LogP contribution in [-0.4, -0.2) is 32.3 Å². The number of alkyl halides is 3. The SMILES string of the molecule is O=S(=O)(NCCSC(F)(F)F)c1ccsc1CNC1CC1. The smallest absolute Gasteiger partial charge is 0.309 e. The molecule has 1 aliphatic rings. The van der Waals surface area contributed by atoms with Crippen LogP contribution in [-0.2, 0) is 16.6 Å². The highest BCUT2D eigenvalue weighted by molar-refractivity contribution is 8.00. The zero-order valence-electron chi connectivity index (χ0n) is 10.9. The molecule has 1 saturated carbocycles. The zero-order chi connectivity index (χ0) is 15.5. The fourth-order valence-electron chi connectivity index (χ4n) is 1.64. The van der Waals surface area contributed by atoms with E-state index in [1.807, 2.05) is 0 Å². The van der Waals surface area contributed by atoms with E-state index in [1.54, 1.807) is 5.38 Å². The van der Waals surface area contributed by atoms with Gasteiger partial charge >= 0.3 is 5.51 Å². The molecule has 4 nitrogen and oxygen atoms in total. The Balaban J connectivity index is 1.88. The first-order chi connectivity index (χ1) is 9.78. The third kappa shape index (κ3) is 5.78. The quantitative estimate of drug-likeness (QED) is 0.700. The van der Waals surface area contributed by atoms with Gasteiger partial charge in [-0.3, -0.25) is 0 Å². The van der Waals surface area contributed by atoms with Crippen LogP contribution in [0.25, 0.3) is 0 Å². The van der Waals surface area contributed by atoms with Crippen molar-refractivity contribution in [3.8, 4) is 0 Å². The van der Waals surface area contributed by atoms with E-state index < -0.39 is 15.5 Å². The maximum Gasteiger partial charge on any atom is 0.441 e. The molecule has 0 unspecified atom stereocenters. The van der Waals surface area contributed by atoms with Gasteiger partial charge < -0.3 is 5.32 Å². The number of sulfonamides is 1. The maximum atomic E-state index is 12.1. The summed E-state index contributed by atoms with van der Waals surface area (Å²) in [5, 5.41) is 4.89. The normalized spacial score (nSPS) is 16.3. The van der Waals surface area contributed by atoms with E-state index in [9.17, 15) is 21.6 Å². The third-order valence-electron chi connectivity index (χ3n) is 2.78. The number of hydrogen-bond donors (Lipinski definition) is 2. The van der Waals surface area contributed by atoms with Gasteiger partial charge in [-0.05, 0) is 36.0 Å². The average molecular weight is 360 g/mol. The zero-order valence-corrected chi connectivity index (χ0v) is 13.4. The van der Waals surface area contributed by atoms with Gasteiger partial charge in [-0.25, -0.2) is 13.1 Å². The van der Waals surface area contributed by atoms with Crippen LogP contribution in [0.5, 0.6) is 0 Å². The van der Waals surface area contributed by atoms with E-state index >= 15 is 0 Å². The molecule has 0 bridgehead atoms. The van der Waals surface area contributed by atoms with Crippen LogP contribution in [0.15, 0.2) is 16.3 Å². The van der Waals surface area contributed by atoms with Crippen LogP contribution in [0.4, 0.5) is 13.2 Å². The molecule has 0 radical (unpaired) electrons. The minimum Gasteiger partial charge on any atom is -0.309 e. The molecule has 120 valence electrons. The van der Waals surface area contributed by atoms with Crippen molar-refractivity contribution < 1.29 is 21.6 Å². The van der Waals surface area contributed by atoms with Crippen molar-refractivity contribution >= 4 is 33.1 Å². The van der Waals surface area contributed by atoms with Crippen LogP contribution in [0.3, 0.4) is 0 Å². The highest BCUT2D eigenvalue weighted by atomic mass is 32.2. The number of nitrogens with one attached hydrogen (secondary N) is 2. The monoisotopic (exact) mass is 360 g/mol. The lowest BCUT2D eigenvalue weighted by atomic mass is 10.4. The summed E-state index contributed by atoms with van der Waals surface area (Å²) in [5.41, 5.74) is -4.34. The van der Waals surface area contributed by atoms with Gasteiger partial charge in [0, 0.05) is 29.8 Å². The first-order valence-corrected chi connectivity index (χ1v) is 9.63. The first kappa shape index (κ1) is 17.1. The van der Waals surface area contributed by atoms with Crippen molar-refractivity contribution in [3.63, 3.8) is 0 Å². The Hall–Kier alpha value is -0.290. The lowest BCUT2D eigenvalue weighted by molar-refractivity contribution is -0.0327. The van der Waals surface area contributed by atoms with E-state index in [0.29, 0.717) is 17.5 Å². The van der Waals surface area contributed by atoms with E-state index in [2.05, 4.69) is 10.0 Å². The second kappa shape index (κ2) is 6.86. The van der Waals surface area contributed by atoms with Gasteiger partial charge in [0.15, 0.2) is 0 Å². The number of thiophene rings is 1. The van der Waals surface area contributed by atoms with Crippen LogP contribution < -0.4 is 10.0 Å². The standard InChI is InChI=1S/C11H15F3N2O2S3/c12-11(13,14)20-6-4-16-21(17,18)10-3-5-19-9(10)7-15-8-1-2-8/h3,5,8,15-16H,1-2,4,6-7H2. The molecule has 0 amide bonds. The lowest BCUT2D eigenvalue weighted by Gasteiger charge is -2.09. The van der Waals surface area contributed by atoms with Crippen molar-refractivity contribution in [1.29, 1.82) is 0 Å². The molecule has 0 atom stereocenters. The summed E-state index contributed by atoms with van der Waals surface area (Å²) < 4.78 is 62.3. The minimum atomic E-state index is -4.34. The summed E-state index contributed by atoms with van der Waals surface area (Å²) in [6.07, 6.45) is 2.20. The molecule has 0 saturated heterocycles.